The third-order valence-corrected chi connectivity index (χ3v) is 4.57. The quantitative estimate of drug-likeness (QED) is 0.777. The molecule has 2 fully saturated rings. The second-order valence-electron chi connectivity index (χ2n) is 6.43. The van der Waals surface area contributed by atoms with Gasteiger partial charge in [0.05, 0.1) is 26.4 Å². The zero-order valence-electron chi connectivity index (χ0n) is 14.7. The monoisotopic (exact) mass is 356 g/mol. The van der Waals surface area contributed by atoms with Crippen LogP contribution in [0.3, 0.4) is 0 Å². The van der Waals surface area contributed by atoms with Gasteiger partial charge in [0.15, 0.2) is 0 Å². The van der Waals surface area contributed by atoms with E-state index in [4.69, 9.17) is 18.9 Å². The Morgan fingerprint density at radius 1 is 0.769 bits per heavy atom. The molecule has 0 spiro atoms. The molecule has 4 heterocycles. The van der Waals surface area contributed by atoms with Gasteiger partial charge in [-0.05, 0) is 38.1 Å². The molecule has 136 valence electrons. The van der Waals surface area contributed by atoms with Gasteiger partial charge in [-0.15, -0.1) is 0 Å². The van der Waals surface area contributed by atoms with Crippen molar-refractivity contribution >= 4 is 5.78 Å². The molecule has 2 aliphatic heterocycles. The maximum Gasteiger partial charge on any atom is 0.229 e. The first-order valence-corrected chi connectivity index (χ1v) is 8.56. The average Bonchev–Trinajstić information content (AvgIpc) is 3.32. The van der Waals surface area contributed by atoms with Crippen LogP contribution in [0.1, 0.15) is 41.4 Å². The van der Waals surface area contributed by atoms with Gasteiger partial charge in [-0.25, -0.2) is 9.97 Å². The van der Waals surface area contributed by atoms with Gasteiger partial charge in [0.2, 0.25) is 17.4 Å². The molecule has 2 saturated heterocycles. The number of hydrogen-bond donors (Lipinski definition) is 0. The number of pyridine rings is 2. The molecule has 2 aromatic rings. The van der Waals surface area contributed by atoms with E-state index in [1.54, 1.807) is 50.2 Å². The van der Waals surface area contributed by atoms with Gasteiger partial charge in [-0.2, -0.15) is 0 Å². The summed E-state index contributed by atoms with van der Waals surface area (Å²) >= 11 is 0. The van der Waals surface area contributed by atoms with E-state index >= 15 is 0 Å². The number of carbonyl (C=O) groups excluding carboxylic acids is 1. The summed E-state index contributed by atoms with van der Waals surface area (Å²) in [6.45, 7) is 5.59. The fourth-order valence-electron chi connectivity index (χ4n) is 3.08. The predicted molar refractivity (Wildman–Crippen MR) is 90.4 cm³/mol. The van der Waals surface area contributed by atoms with E-state index in [-0.39, 0.29) is 17.2 Å². The third-order valence-electron chi connectivity index (χ3n) is 4.57. The Bertz CT molecular complexity index is 759. The first kappa shape index (κ1) is 17.2. The lowest BCUT2D eigenvalue weighted by atomic mass is 10.1. The minimum absolute atomic E-state index is 0.281. The van der Waals surface area contributed by atoms with E-state index in [9.17, 15) is 4.79 Å². The number of ether oxygens (including phenoxy) is 4. The van der Waals surface area contributed by atoms with Crippen molar-refractivity contribution < 1.29 is 23.7 Å². The van der Waals surface area contributed by atoms with Crippen molar-refractivity contribution in [2.24, 2.45) is 0 Å². The number of ketones is 1. The SMILES string of the molecule is CC1(c2cccc(C(=O)c3cccc(C4(C)OCCO4)n3)n2)OCCO1. The fourth-order valence-corrected chi connectivity index (χ4v) is 3.08. The zero-order chi connectivity index (χ0) is 18.2. The largest absolute Gasteiger partial charge is 0.342 e. The summed E-state index contributed by atoms with van der Waals surface area (Å²) in [6, 6.07) is 10.4. The van der Waals surface area contributed by atoms with Gasteiger partial charge in [0.1, 0.15) is 22.8 Å². The molecule has 0 radical (unpaired) electrons. The standard InChI is InChI=1S/C19H20N2O5/c1-18(23-9-10-24-18)15-7-3-5-13(20-15)17(22)14-6-4-8-16(21-14)19(2)25-11-12-26-19/h3-8H,9-12H2,1-2H3. The summed E-state index contributed by atoms with van der Waals surface area (Å²) in [5, 5.41) is 0. The second kappa shape index (κ2) is 6.51. The zero-order valence-corrected chi connectivity index (χ0v) is 14.7. The number of aromatic nitrogens is 2. The van der Waals surface area contributed by atoms with Crippen LogP contribution in [0.15, 0.2) is 36.4 Å². The highest BCUT2D eigenvalue weighted by molar-refractivity contribution is 6.06. The van der Waals surface area contributed by atoms with Gasteiger partial charge < -0.3 is 18.9 Å². The maximum absolute atomic E-state index is 12.9. The van der Waals surface area contributed by atoms with Crippen molar-refractivity contribution in [3.8, 4) is 0 Å². The van der Waals surface area contributed by atoms with E-state index in [0.717, 1.165) is 0 Å². The minimum Gasteiger partial charge on any atom is -0.342 e. The second-order valence-corrected chi connectivity index (χ2v) is 6.43. The van der Waals surface area contributed by atoms with Crippen molar-refractivity contribution in [2.45, 2.75) is 25.4 Å². The Morgan fingerprint density at radius 3 is 1.54 bits per heavy atom. The molecule has 0 saturated carbocycles. The average molecular weight is 356 g/mol. The minimum atomic E-state index is -0.926. The van der Waals surface area contributed by atoms with E-state index in [2.05, 4.69) is 9.97 Å². The Morgan fingerprint density at radius 2 is 1.15 bits per heavy atom. The van der Waals surface area contributed by atoms with Gasteiger partial charge in [0, 0.05) is 0 Å². The first-order chi connectivity index (χ1) is 12.5. The highest BCUT2D eigenvalue weighted by Gasteiger charge is 2.36. The molecule has 0 aromatic carbocycles. The normalized spacial score (nSPS) is 21.0. The van der Waals surface area contributed by atoms with Crippen LogP contribution in [0.25, 0.3) is 0 Å². The van der Waals surface area contributed by atoms with E-state index < -0.39 is 11.6 Å². The van der Waals surface area contributed by atoms with Gasteiger partial charge in [0.25, 0.3) is 0 Å². The third kappa shape index (κ3) is 3.03. The van der Waals surface area contributed by atoms with Crippen molar-refractivity contribution in [3.63, 3.8) is 0 Å². The first-order valence-electron chi connectivity index (χ1n) is 8.56. The molecule has 2 aromatic heterocycles. The summed E-state index contributed by atoms with van der Waals surface area (Å²) in [7, 11) is 0. The smallest absolute Gasteiger partial charge is 0.229 e. The molecule has 0 atom stereocenters. The van der Waals surface area contributed by atoms with Crippen LogP contribution in [0.4, 0.5) is 0 Å². The summed E-state index contributed by atoms with van der Waals surface area (Å²) < 4.78 is 22.5. The fraction of sp³-hybridized carbons (Fsp3) is 0.421. The molecular weight excluding hydrogens is 336 g/mol. The molecule has 0 aliphatic carbocycles. The van der Waals surface area contributed by atoms with E-state index in [0.29, 0.717) is 37.8 Å². The molecule has 7 nitrogen and oxygen atoms in total. The Kier molecular flexibility index (Phi) is 4.32. The van der Waals surface area contributed by atoms with Crippen LogP contribution in [0, 0.1) is 0 Å². The van der Waals surface area contributed by atoms with Crippen molar-refractivity contribution in [1.29, 1.82) is 0 Å². The molecular formula is C19H20N2O5. The van der Waals surface area contributed by atoms with E-state index in [1.807, 2.05) is 0 Å². The van der Waals surface area contributed by atoms with Gasteiger partial charge >= 0.3 is 0 Å². The van der Waals surface area contributed by atoms with Crippen LogP contribution < -0.4 is 0 Å². The number of hydrogen-bond acceptors (Lipinski definition) is 7. The molecule has 0 unspecified atom stereocenters. The molecule has 0 amide bonds. The van der Waals surface area contributed by atoms with Crippen LogP contribution in [-0.4, -0.2) is 42.2 Å². The summed E-state index contributed by atoms with van der Waals surface area (Å²) in [4.78, 5) is 21.8. The van der Waals surface area contributed by atoms with Crippen molar-refractivity contribution in [2.75, 3.05) is 26.4 Å². The van der Waals surface area contributed by atoms with Crippen LogP contribution in [0.5, 0.6) is 0 Å². The van der Waals surface area contributed by atoms with Crippen LogP contribution in [-0.2, 0) is 30.5 Å². The lowest BCUT2D eigenvalue weighted by Gasteiger charge is -2.22. The number of carbonyl (C=O) groups is 1. The number of nitrogens with zero attached hydrogens (tertiary/aromatic N) is 2. The van der Waals surface area contributed by atoms with E-state index in [1.165, 1.54) is 0 Å². The molecule has 26 heavy (non-hydrogen) atoms. The lowest BCUT2D eigenvalue weighted by Crippen LogP contribution is -2.26. The predicted octanol–water partition coefficient (Wildman–Crippen LogP) is 2.15. The lowest BCUT2D eigenvalue weighted by molar-refractivity contribution is -0.153. The number of rotatable bonds is 4. The highest BCUT2D eigenvalue weighted by Crippen LogP contribution is 2.31. The summed E-state index contributed by atoms with van der Waals surface area (Å²) in [6.07, 6.45) is 0. The Labute approximate surface area is 151 Å². The topological polar surface area (TPSA) is 79.8 Å². The molecule has 2 aliphatic rings. The van der Waals surface area contributed by atoms with Crippen LogP contribution in [0.2, 0.25) is 0 Å². The Hall–Kier alpha value is -2.19. The molecule has 4 rings (SSSR count). The summed E-state index contributed by atoms with van der Waals surface area (Å²) in [5.41, 5.74) is 1.69. The summed E-state index contributed by atoms with van der Waals surface area (Å²) in [5.74, 6) is -2.13. The van der Waals surface area contributed by atoms with Crippen molar-refractivity contribution in [1.82, 2.24) is 9.97 Å². The molecule has 0 N–H and O–H groups in total. The van der Waals surface area contributed by atoms with Gasteiger partial charge in [-0.1, -0.05) is 12.1 Å². The highest BCUT2D eigenvalue weighted by atomic mass is 16.7. The van der Waals surface area contributed by atoms with Gasteiger partial charge in [-0.3, -0.25) is 4.79 Å². The molecule has 7 heteroatoms. The molecule has 0 bridgehead atoms. The van der Waals surface area contributed by atoms with Crippen LogP contribution >= 0.6 is 0 Å². The maximum atomic E-state index is 12.9. The Balaban J connectivity index is 1.64. The van der Waals surface area contributed by atoms with Crippen molar-refractivity contribution in [3.05, 3.63) is 59.2 Å².